The minimum Gasteiger partial charge on any atom is -0.463 e. The molecule has 0 N–H and O–H groups in total. The van der Waals surface area contributed by atoms with Crippen LogP contribution in [0.2, 0.25) is 0 Å². The molecule has 0 spiro atoms. The standard InChI is InChI=1S/C21H19F2NO7S/c1-3-30-21(25)16(12-15-6-8-17(9-7-15)24(26)27)13-19(20(22)23)31-32(28,29)18-10-4-14(2)5-11-18/h4-12H,3,13H2,1-2H3/b16-12-. The number of esters is 1. The summed E-state index contributed by atoms with van der Waals surface area (Å²) in [7, 11) is -4.59. The summed E-state index contributed by atoms with van der Waals surface area (Å²) in [4.78, 5) is 22.1. The zero-order valence-electron chi connectivity index (χ0n) is 17.1. The Hall–Kier alpha value is -3.60. The van der Waals surface area contributed by atoms with E-state index in [0.29, 0.717) is 0 Å². The number of benzene rings is 2. The van der Waals surface area contributed by atoms with Crippen molar-refractivity contribution < 1.29 is 35.8 Å². The van der Waals surface area contributed by atoms with Crippen LogP contribution >= 0.6 is 0 Å². The maximum absolute atomic E-state index is 13.5. The number of halogens is 2. The van der Waals surface area contributed by atoms with E-state index < -0.39 is 39.3 Å². The number of nitro groups is 1. The van der Waals surface area contributed by atoms with Crippen molar-refractivity contribution >= 4 is 27.9 Å². The molecule has 0 aromatic heterocycles. The highest BCUT2D eigenvalue weighted by atomic mass is 32.2. The summed E-state index contributed by atoms with van der Waals surface area (Å²) >= 11 is 0. The van der Waals surface area contributed by atoms with Gasteiger partial charge in [-0.15, -0.1) is 0 Å². The maximum atomic E-state index is 13.5. The number of nitrogens with zero attached hydrogens (tertiary/aromatic N) is 1. The molecular formula is C21H19F2NO7S. The minimum absolute atomic E-state index is 0.0594. The van der Waals surface area contributed by atoms with Crippen LogP contribution in [0, 0.1) is 17.0 Å². The number of carbonyl (C=O) groups is 1. The Kier molecular flexibility index (Phi) is 8.19. The first-order chi connectivity index (χ1) is 15.0. The molecule has 0 aliphatic rings. The fourth-order valence-corrected chi connectivity index (χ4v) is 3.44. The summed E-state index contributed by atoms with van der Waals surface area (Å²) in [6.45, 7) is 3.17. The number of carbonyl (C=O) groups excluding carboxylic acids is 1. The average Bonchev–Trinajstić information content (AvgIpc) is 2.73. The van der Waals surface area contributed by atoms with Crippen molar-refractivity contribution in [3.63, 3.8) is 0 Å². The molecule has 8 nitrogen and oxygen atoms in total. The van der Waals surface area contributed by atoms with Crippen molar-refractivity contribution in [1.29, 1.82) is 0 Å². The summed E-state index contributed by atoms with van der Waals surface area (Å²) in [5, 5.41) is 10.8. The van der Waals surface area contributed by atoms with Gasteiger partial charge in [0.2, 0.25) is 0 Å². The van der Waals surface area contributed by atoms with Crippen molar-refractivity contribution in [1.82, 2.24) is 0 Å². The molecule has 0 aliphatic carbocycles. The third-order valence-electron chi connectivity index (χ3n) is 4.06. The van der Waals surface area contributed by atoms with Crippen LogP contribution in [0.3, 0.4) is 0 Å². The fraction of sp³-hybridized carbons (Fsp3) is 0.190. The van der Waals surface area contributed by atoms with Crippen LogP contribution in [0.1, 0.15) is 24.5 Å². The van der Waals surface area contributed by atoms with Crippen LogP contribution < -0.4 is 0 Å². The lowest BCUT2D eigenvalue weighted by molar-refractivity contribution is -0.384. The Bertz CT molecular complexity index is 1150. The molecule has 170 valence electrons. The van der Waals surface area contributed by atoms with Crippen molar-refractivity contribution in [2.24, 2.45) is 0 Å². The second kappa shape index (κ2) is 10.6. The zero-order valence-corrected chi connectivity index (χ0v) is 17.9. The van der Waals surface area contributed by atoms with Gasteiger partial charge in [-0.2, -0.15) is 17.2 Å². The van der Waals surface area contributed by atoms with E-state index in [1.54, 1.807) is 6.92 Å². The van der Waals surface area contributed by atoms with Gasteiger partial charge in [0.1, 0.15) is 4.90 Å². The molecule has 2 aromatic rings. The van der Waals surface area contributed by atoms with Gasteiger partial charge in [-0.25, -0.2) is 4.79 Å². The fourth-order valence-electron chi connectivity index (χ4n) is 2.49. The molecule has 0 atom stereocenters. The molecule has 32 heavy (non-hydrogen) atoms. The van der Waals surface area contributed by atoms with Gasteiger partial charge in [-0.3, -0.25) is 10.1 Å². The molecule has 2 aromatic carbocycles. The van der Waals surface area contributed by atoms with Crippen LogP contribution in [0.5, 0.6) is 0 Å². The van der Waals surface area contributed by atoms with Gasteiger partial charge in [0, 0.05) is 24.1 Å². The van der Waals surface area contributed by atoms with Crippen molar-refractivity contribution in [2.45, 2.75) is 25.2 Å². The lowest BCUT2D eigenvalue weighted by Gasteiger charge is -2.12. The Morgan fingerprint density at radius 1 is 1.09 bits per heavy atom. The van der Waals surface area contributed by atoms with Gasteiger partial charge in [0.15, 0.2) is 5.76 Å². The van der Waals surface area contributed by atoms with Crippen LogP contribution in [-0.4, -0.2) is 25.9 Å². The Balaban J connectivity index is 2.38. The lowest BCUT2D eigenvalue weighted by atomic mass is 10.1. The van der Waals surface area contributed by atoms with Crippen molar-refractivity contribution in [2.75, 3.05) is 6.61 Å². The third kappa shape index (κ3) is 6.71. The number of non-ortho nitro benzene ring substituents is 1. The molecule has 11 heteroatoms. The highest BCUT2D eigenvalue weighted by molar-refractivity contribution is 7.86. The molecule has 0 bridgehead atoms. The summed E-state index contributed by atoms with van der Waals surface area (Å²) in [6.07, 6.45) is -2.16. The van der Waals surface area contributed by atoms with Crippen molar-refractivity contribution in [3.05, 3.63) is 87.2 Å². The second-order valence-electron chi connectivity index (χ2n) is 6.45. The highest BCUT2D eigenvalue weighted by Gasteiger charge is 2.25. The Morgan fingerprint density at radius 3 is 2.19 bits per heavy atom. The van der Waals surface area contributed by atoms with E-state index in [1.807, 2.05) is 0 Å². The van der Waals surface area contributed by atoms with E-state index in [9.17, 15) is 32.1 Å². The number of nitro benzene ring substituents is 1. The van der Waals surface area contributed by atoms with E-state index in [-0.39, 0.29) is 28.3 Å². The first-order valence-electron chi connectivity index (χ1n) is 9.21. The van der Waals surface area contributed by atoms with Gasteiger partial charge < -0.3 is 8.92 Å². The normalized spacial score (nSPS) is 11.6. The number of allylic oxidation sites excluding steroid dienone is 1. The van der Waals surface area contributed by atoms with E-state index in [2.05, 4.69) is 4.18 Å². The first-order valence-corrected chi connectivity index (χ1v) is 10.6. The Labute approximate surface area is 183 Å². The van der Waals surface area contributed by atoms with E-state index in [0.717, 1.165) is 11.6 Å². The average molecular weight is 467 g/mol. The van der Waals surface area contributed by atoms with E-state index in [4.69, 9.17) is 4.74 Å². The summed E-state index contributed by atoms with van der Waals surface area (Å²) < 4.78 is 61.4. The van der Waals surface area contributed by atoms with Gasteiger partial charge in [0.25, 0.3) is 5.69 Å². The van der Waals surface area contributed by atoms with Crippen molar-refractivity contribution in [3.8, 4) is 0 Å². The molecule has 0 aliphatic heterocycles. The molecule has 0 saturated carbocycles. The van der Waals surface area contributed by atoms with Crippen LogP contribution in [0.15, 0.2) is 70.8 Å². The van der Waals surface area contributed by atoms with Gasteiger partial charge in [-0.05, 0) is 49.8 Å². The second-order valence-corrected chi connectivity index (χ2v) is 8.00. The molecule has 0 radical (unpaired) electrons. The van der Waals surface area contributed by atoms with Crippen LogP contribution in [0.25, 0.3) is 6.08 Å². The molecule has 0 heterocycles. The minimum atomic E-state index is -4.59. The van der Waals surface area contributed by atoms with E-state index in [1.165, 1.54) is 55.5 Å². The summed E-state index contributed by atoms with van der Waals surface area (Å²) in [5.74, 6) is -2.22. The Morgan fingerprint density at radius 2 is 1.69 bits per heavy atom. The number of hydrogen-bond donors (Lipinski definition) is 0. The molecular weight excluding hydrogens is 448 g/mol. The largest absolute Gasteiger partial charge is 0.463 e. The third-order valence-corrected chi connectivity index (χ3v) is 5.33. The number of aryl methyl sites for hydroxylation is 1. The smallest absolute Gasteiger partial charge is 0.339 e. The number of hydrogen-bond acceptors (Lipinski definition) is 7. The zero-order chi connectivity index (χ0) is 23.9. The lowest BCUT2D eigenvalue weighted by Crippen LogP contribution is -2.12. The first kappa shape index (κ1) is 24.7. The molecule has 0 fully saturated rings. The molecule has 2 rings (SSSR count). The summed E-state index contributed by atoms with van der Waals surface area (Å²) in [6, 6.07) is 10.3. The maximum Gasteiger partial charge on any atom is 0.339 e. The van der Waals surface area contributed by atoms with Crippen LogP contribution in [-0.2, 0) is 23.8 Å². The highest BCUT2D eigenvalue weighted by Crippen LogP contribution is 2.26. The van der Waals surface area contributed by atoms with Gasteiger partial charge in [0.05, 0.1) is 11.5 Å². The van der Waals surface area contributed by atoms with Gasteiger partial charge >= 0.3 is 22.2 Å². The molecule has 0 saturated heterocycles. The molecule has 0 unspecified atom stereocenters. The quantitative estimate of drug-likeness (QED) is 0.131. The number of rotatable bonds is 9. The monoisotopic (exact) mass is 467 g/mol. The van der Waals surface area contributed by atoms with Crippen LogP contribution in [0.4, 0.5) is 14.5 Å². The summed E-state index contributed by atoms with van der Waals surface area (Å²) in [5.41, 5.74) is 0.496. The predicted molar refractivity (Wildman–Crippen MR) is 111 cm³/mol. The number of ether oxygens (including phenoxy) is 1. The molecule has 0 amide bonds. The van der Waals surface area contributed by atoms with Gasteiger partial charge in [-0.1, -0.05) is 17.7 Å². The van der Waals surface area contributed by atoms with E-state index >= 15 is 0 Å². The SMILES string of the molecule is CCOC(=O)/C(=C\c1ccc([N+](=O)[O-])cc1)CC(OS(=O)(=O)c1ccc(C)cc1)=C(F)F. The predicted octanol–water partition coefficient (Wildman–Crippen LogP) is 4.75. The topological polar surface area (TPSA) is 113 Å².